The van der Waals surface area contributed by atoms with Gasteiger partial charge in [0.05, 0.1) is 6.26 Å². The molecule has 0 saturated heterocycles. The Morgan fingerprint density at radius 1 is 1.19 bits per heavy atom. The van der Waals surface area contributed by atoms with E-state index in [2.05, 4.69) is 4.42 Å². The van der Waals surface area contributed by atoms with Crippen LogP contribution in [0.4, 0.5) is 0 Å². The Morgan fingerprint density at radius 3 is 1.88 bits per heavy atom. The topological polar surface area (TPSA) is 131 Å². The predicted molar refractivity (Wildman–Crippen MR) is 51.6 cm³/mol. The summed E-state index contributed by atoms with van der Waals surface area (Å²) in [6.45, 7) is 0. The van der Waals surface area contributed by atoms with Crippen molar-refractivity contribution in [3.05, 3.63) is 36.3 Å². The molecule has 0 atom stereocenters. The van der Waals surface area contributed by atoms with Crippen molar-refractivity contribution in [2.24, 2.45) is 5.73 Å². The monoisotopic (exact) mass is 227 g/mol. The van der Waals surface area contributed by atoms with Crippen molar-refractivity contribution in [2.45, 2.75) is 0 Å². The quantitative estimate of drug-likeness (QED) is 0.627. The summed E-state index contributed by atoms with van der Waals surface area (Å²) in [5.74, 6) is -2.85. The molecule has 0 fully saturated rings. The molecule has 0 unspecified atom stereocenters. The van der Waals surface area contributed by atoms with Gasteiger partial charge in [0.15, 0.2) is 5.76 Å². The number of carboxylic acids is 2. The second kappa shape index (κ2) is 6.82. The van der Waals surface area contributed by atoms with Gasteiger partial charge in [-0.2, -0.15) is 0 Å². The number of carbonyl (C=O) groups excluding carboxylic acids is 1. The van der Waals surface area contributed by atoms with E-state index in [1.807, 2.05) is 0 Å². The average Bonchev–Trinajstić information content (AvgIpc) is 2.68. The fraction of sp³-hybridized carbons (Fsp3) is 0. The molecule has 0 bridgehead atoms. The maximum atomic E-state index is 10.2. The second-order valence-corrected chi connectivity index (χ2v) is 2.35. The average molecular weight is 227 g/mol. The highest BCUT2D eigenvalue weighted by Crippen LogP contribution is 1.96. The number of hydrogen-bond donors (Lipinski definition) is 3. The zero-order valence-corrected chi connectivity index (χ0v) is 7.99. The molecule has 0 spiro atoms. The fourth-order valence-corrected chi connectivity index (χ4v) is 0.561. The molecule has 0 aliphatic carbocycles. The minimum Gasteiger partial charge on any atom is -0.478 e. The summed E-state index contributed by atoms with van der Waals surface area (Å²) in [6.07, 6.45) is 2.52. The molecule has 1 amide bonds. The third-order valence-electron chi connectivity index (χ3n) is 1.13. The maximum absolute atomic E-state index is 10.2. The van der Waals surface area contributed by atoms with Gasteiger partial charge in [-0.15, -0.1) is 0 Å². The highest BCUT2D eigenvalue weighted by Gasteiger charge is 1.98. The Labute approximate surface area is 89.8 Å². The highest BCUT2D eigenvalue weighted by molar-refractivity contribution is 5.90. The summed E-state index contributed by atoms with van der Waals surface area (Å²) in [4.78, 5) is 29.3. The van der Waals surface area contributed by atoms with Gasteiger partial charge in [0, 0.05) is 12.2 Å². The van der Waals surface area contributed by atoms with Crippen molar-refractivity contribution in [1.29, 1.82) is 0 Å². The Kier molecular flexibility index (Phi) is 5.73. The summed E-state index contributed by atoms with van der Waals surface area (Å²) < 4.78 is 4.62. The van der Waals surface area contributed by atoms with E-state index >= 15 is 0 Å². The molecule has 1 heterocycles. The minimum absolute atomic E-state index is 0.199. The van der Waals surface area contributed by atoms with Crippen LogP contribution in [0.1, 0.15) is 10.6 Å². The van der Waals surface area contributed by atoms with E-state index in [0.717, 1.165) is 0 Å². The molecule has 0 aliphatic heterocycles. The Bertz CT molecular complexity index is 376. The van der Waals surface area contributed by atoms with Crippen LogP contribution in [0.3, 0.4) is 0 Å². The Morgan fingerprint density at radius 2 is 1.69 bits per heavy atom. The number of rotatable bonds is 3. The van der Waals surface area contributed by atoms with Crippen LogP contribution in [-0.4, -0.2) is 28.1 Å². The van der Waals surface area contributed by atoms with Crippen molar-refractivity contribution in [1.82, 2.24) is 0 Å². The smallest absolute Gasteiger partial charge is 0.328 e. The minimum atomic E-state index is -1.26. The zero-order chi connectivity index (χ0) is 12.6. The second-order valence-electron chi connectivity index (χ2n) is 2.35. The molecule has 1 aromatic heterocycles. The SMILES string of the molecule is NC(=O)c1ccco1.O=C(O)/C=C\C(=O)O. The van der Waals surface area contributed by atoms with Crippen LogP contribution in [0.2, 0.25) is 0 Å². The van der Waals surface area contributed by atoms with Crippen LogP contribution in [0.15, 0.2) is 35.0 Å². The molecular weight excluding hydrogens is 218 g/mol. The van der Waals surface area contributed by atoms with E-state index in [1.165, 1.54) is 12.3 Å². The lowest BCUT2D eigenvalue weighted by atomic mass is 10.4. The largest absolute Gasteiger partial charge is 0.478 e. The first kappa shape index (κ1) is 13.4. The van der Waals surface area contributed by atoms with Crippen LogP contribution in [0.5, 0.6) is 0 Å². The standard InChI is InChI=1S/C5H5NO2.C4H4O4/c6-5(7)4-2-1-3-8-4;5-3(6)1-2-4(7)8/h1-3H,(H2,6,7);1-2H,(H,5,6)(H,7,8)/b;2-1-. The summed E-state index contributed by atoms with van der Waals surface area (Å²) in [7, 11) is 0. The first-order valence-electron chi connectivity index (χ1n) is 3.90. The van der Waals surface area contributed by atoms with E-state index in [0.29, 0.717) is 12.2 Å². The molecule has 7 nitrogen and oxygen atoms in total. The molecule has 1 rings (SSSR count). The molecule has 0 aliphatic rings. The van der Waals surface area contributed by atoms with Crippen molar-refractivity contribution < 1.29 is 29.0 Å². The van der Waals surface area contributed by atoms with Gasteiger partial charge in [-0.25, -0.2) is 9.59 Å². The van der Waals surface area contributed by atoms with Gasteiger partial charge in [0.1, 0.15) is 0 Å². The Hall–Kier alpha value is -2.57. The third kappa shape index (κ3) is 6.89. The lowest BCUT2D eigenvalue weighted by Gasteiger charge is -1.80. The first-order chi connectivity index (χ1) is 7.43. The van der Waals surface area contributed by atoms with Crippen LogP contribution >= 0.6 is 0 Å². The van der Waals surface area contributed by atoms with Crippen molar-refractivity contribution in [2.75, 3.05) is 0 Å². The maximum Gasteiger partial charge on any atom is 0.328 e. The Balaban J connectivity index is 0.000000281. The zero-order valence-electron chi connectivity index (χ0n) is 7.99. The fourth-order valence-electron chi connectivity index (χ4n) is 0.561. The van der Waals surface area contributed by atoms with Crippen LogP contribution in [0, 0.1) is 0 Å². The lowest BCUT2D eigenvalue weighted by molar-refractivity contribution is -0.134. The number of aliphatic carboxylic acids is 2. The van der Waals surface area contributed by atoms with Gasteiger partial charge in [0.25, 0.3) is 5.91 Å². The van der Waals surface area contributed by atoms with Crippen molar-refractivity contribution in [3.8, 4) is 0 Å². The van der Waals surface area contributed by atoms with Gasteiger partial charge in [0.2, 0.25) is 0 Å². The molecule has 16 heavy (non-hydrogen) atoms. The molecule has 0 saturated carbocycles. The summed E-state index contributed by atoms with van der Waals surface area (Å²) >= 11 is 0. The highest BCUT2D eigenvalue weighted by atomic mass is 16.4. The van der Waals surface area contributed by atoms with Crippen LogP contribution < -0.4 is 5.73 Å². The van der Waals surface area contributed by atoms with Gasteiger partial charge < -0.3 is 20.4 Å². The molecule has 86 valence electrons. The molecule has 0 radical (unpaired) electrons. The summed E-state index contributed by atoms with van der Waals surface area (Å²) in [6, 6.07) is 3.13. The van der Waals surface area contributed by atoms with E-state index < -0.39 is 17.8 Å². The van der Waals surface area contributed by atoms with Gasteiger partial charge in [-0.05, 0) is 12.1 Å². The lowest BCUT2D eigenvalue weighted by Crippen LogP contribution is -2.08. The number of hydrogen-bond acceptors (Lipinski definition) is 4. The molecule has 7 heteroatoms. The van der Waals surface area contributed by atoms with Crippen molar-refractivity contribution in [3.63, 3.8) is 0 Å². The van der Waals surface area contributed by atoms with E-state index in [1.54, 1.807) is 6.07 Å². The van der Waals surface area contributed by atoms with Crippen molar-refractivity contribution >= 4 is 17.8 Å². The number of amides is 1. The van der Waals surface area contributed by atoms with Gasteiger partial charge >= 0.3 is 11.9 Å². The number of nitrogens with two attached hydrogens (primary N) is 1. The molecule has 4 N–H and O–H groups in total. The molecule has 0 aromatic carbocycles. The normalized spacial score (nSPS) is 9.25. The third-order valence-corrected chi connectivity index (χ3v) is 1.13. The number of carboxylic acid groups (broad SMARTS) is 2. The van der Waals surface area contributed by atoms with Crippen LogP contribution in [-0.2, 0) is 9.59 Å². The first-order valence-corrected chi connectivity index (χ1v) is 3.90. The van der Waals surface area contributed by atoms with Gasteiger partial charge in [-0.1, -0.05) is 0 Å². The van der Waals surface area contributed by atoms with Crippen LogP contribution in [0.25, 0.3) is 0 Å². The molecular formula is C9H9NO6. The van der Waals surface area contributed by atoms with E-state index in [4.69, 9.17) is 15.9 Å². The van der Waals surface area contributed by atoms with E-state index in [9.17, 15) is 14.4 Å². The molecule has 1 aromatic rings. The van der Waals surface area contributed by atoms with E-state index in [-0.39, 0.29) is 5.76 Å². The summed E-state index contributed by atoms with van der Waals surface area (Å²) in [5.41, 5.74) is 4.83. The predicted octanol–water partition coefficient (Wildman–Crippen LogP) is 0.0903. The number of carbonyl (C=O) groups is 3. The summed E-state index contributed by atoms with van der Waals surface area (Å²) in [5, 5.41) is 15.6. The van der Waals surface area contributed by atoms with Gasteiger partial charge in [-0.3, -0.25) is 4.79 Å². The number of primary amides is 1. The number of furan rings is 1.